The molecule has 7 nitrogen and oxygen atoms in total. The van der Waals surface area contributed by atoms with Gasteiger partial charge in [0.1, 0.15) is 5.82 Å². The summed E-state index contributed by atoms with van der Waals surface area (Å²) < 4.78 is 0. The van der Waals surface area contributed by atoms with Crippen molar-refractivity contribution < 1.29 is 5.11 Å². The number of anilines is 2. The first-order valence-electron chi connectivity index (χ1n) is 12.9. The Hall–Kier alpha value is -3.55. The highest BCUT2D eigenvalue weighted by atomic mass is 16.3. The Balaban J connectivity index is 1.13. The molecule has 4 heterocycles. The number of hydrogen-bond acceptors (Lipinski definition) is 7. The second-order valence-electron chi connectivity index (χ2n) is 9.85. The van der Waals surface area contributed by atoms with Crippen LogP contribution in [0.3, 0.4) is 0 Å². The lowest BCUT2D eigenvalue weighted by Crippen LogP contribution is -2.47. The molecule has 184 valence electrons. The van der Waals surface area contributed by atoms with Gasteiger partial charge in [-0.2, -0.15) is 5.10 Å². The molecule has 1 atom stereocenters. The van der Waals surface area contributed by atoms with E-state index < -0.39 is 0 Å². The average Bonchev–Trinajstić information content (AvgIpc) is 3.34. The highest BCUT2D eigenvalue weighted by Crippen LogP contribution is 2.28. The van der Waals surface area contributed by atoms with Crippen LogP contribution in [0.2, 0.25) is 0 Å². The van der Waals surface area contributed by atoms with E-state index in [1.807, 2.05) is 12.3 Å². The molecule has 2 fully saturated rings. The highest BCUT2D eigenvalue weighted by Gasteiger charge is 2.23. The van der Waals surface area contributed by atoms with Gasteiger partial charge in [-0.05, 0) is 23.6 Å². The standard InChI is InChI=1S/C29H32N6O/c36-24-12-13-33(21-24)20-23-10-11-28(30-19-23)34-14-16-35(17-15-34)29-26-9-5-4-8-25(26)27(31-32-29)18-22-6-2-1-3-7-22/h1-11,19,24,36H,12-18,20-21H2. The Kier molecular flexibility index (Phi) is 6.49. The topological polar surface area (TPSA) is 68.6 Å². The number of pyridine rings is 1. The Bertz CT molecular complexity index is 1300. The van der Waals surface area contributed by atoms with Gasteiger partial charge >= 0.3 is 0 Å². The summed E-state index contributed by atoms with van der Waals surface area (Å²) in [7, 11) is 0. The monoisotopic (exact) mass is 480 g/mol. The molecule has 2 aromatic carbocycles. The molecule has 0 radical (unpaired) electrons. The molecule has 36 heavy (non-hydrogen) atoms. The highest BCUT2D eigenvalue weighted by molar-refractivity contribution is 5.93. The van der Waals surface area contributed by atoms with Gasteiger partial charge < -0.3 is 14.9 Å². The largest absolute Gasteiger partial charge is 0.392 e. The number of nitrogens with zero attached hydrogens (tertiary/aromatic N) is 6. The smallest absolute Gasteiger partial charge is 0.159 e. The first-order chi connectivity index (χ1) is 17.7. The molecule has 0 spiro atoms. The van der Waals surface area contributed by atoms with Gasteiger partial charge in [0, 0.05) is 69.2 Å². The van der Waals surface area contributed by atoms with Gasteiger partial charge in [0.2, 0.25) is 0 Å². The van der Waals surface area contributed by atoms with Crippen LogP contribution in [0.1, 0.15) is 23.2 Å². The van der Waals surface area contributed by atoms with Crippen LogP contribution in [0.5, 0.6) is 0 Å². The van der Waals surface area contributed by atoms with E-state index in [9.17, 15) is 5.11 Å². The van der Waals surface area contributed by atoms with Crippen LogP contribution in [-0.4, -0.2) is 70.6 Å². The van der Waals surface area contributed by atoms with E-state index in [1.54, 1.807) is 0 Å². The van der Waals surface area contributed by atoms with E-state index in [0.717, 1.165) is 76.0 Å². The zero-order valence-corrected chi connectivity index (χ0v) is 20.5. The SMILES string of the molecule is OC1CCN(Cc2ccc(N3CCN(c4nnc(Cc5ccccc5)c5ccccc45)CC3)nc2)C1. The molecule has 1 unspecified atom stereocenters. The summed E-state index contributed by atoms with van der Waals surface area (Å²) in [4.78, 5) is 11.7. The molecule has 2 aromatic heterocycles. The maximum absolute atomic E-state index is 9.75. The quantitative estimate of drug-likeness (QED) is 0.453. The lowest BCUT2D eigenvalue weighted by molar-refractivity contribution is 0.175. The predicted octanol–water partition coefficient (Wildman–Crippen LogP) is 3.51. The number of aliphatic hydroxyl groups is 1. The number of piperazine rings is 1. The van der Waals surface area contributed by atoms with E-state index in [1.165, 1.54) is 21.9 Å². The van der Waals surface area contributed by atoms with Crippen molar-refractivity contribution in [1.29, 1.82) is 0 Å². The molecule has 7 heteroatoms. The fourth-order valence-corrected chi connectivity index (χ4v) is 5.36. The molecule has 0 aliphatic carbocycles. The molecule has 2 aliphatic rings. The van der Waals surface area contributed by atoms with Crippen molar-refractivity contribution in [2.75, 3.05) is 49.1 Å². The van der Waals surface area contributed by atoms with Crippen molar-refractivity contribution in [3.8, 4) is 0 Å². The van der Waals surface area contributed by atoms with Crippen LogP contribution in [0.15, 0.2) is 72.9 Å². The molecule has 0 bridgehead atoms. The van der Waals surface area contributed by atoms with Crippen LogP contribution in [0.25, 0.3) is 10.8 Å². The molecule has 6 rings (SSSR count). The summed E-state index contributed by atoms with van der Waals surface area (Å²) in [6, 6.07) is 23.3. The molecular weight excluding hydrogens is 448 g/mol. The molecular formula is C29H32N6O. The number of benzene rings is 2. The van der Waals surface area contributed by atoms with Crippen LogP contribution in [0, 0.1) is 0 Å². The summed E-state index contributed by atoms with van der Waals surface area (Å²) >= 11 is 0. The third kappa shape index (κ3) is 4.90. The van der Waals surface area contributed by atoms with Crippen molar-refractivity contribution in [3.63, 3.8) is 0 Å². The summed E-state index contributed by atoms with van der Waals surface area (Å²) in [5.41, 5.74) is 3.46. The van der Waals surface area contributed by atoms with Crippen LogP contribution < -0.4 is 9.80 Å². The molecule has 0 amide bonds. The van der Waals surface area contributed by atoms with Crippen LogP contribution >= 0.6 is 0 Å². The van der Waals surface area contributed by atoms with Crippen LogP contribution in [0.4, 0.5) is 11.6 Å². The minimum Gasteiger partial charge on any atom is -0.392 e. The lowest BCUT2D eigenvalue weighted by Gasteiger charge is -2.36. The minimum atomic E-state index is -0.185. The number of likely N-dealkylation sites (tertiary alicyclic amines) is 1. The summed E-state index contributed by atoms with van der Waals surface area (Å²) in [5, 5.41) is 21.5. The van der Waals surface area contributed by atoms with Crippen molar-refractivity contribution in [3.05, 3.63) is 89.7 Å². The maximum atomic E-state index is 9.75. The van der Waals surface area contributed by atoms with Gasteiger partial charge in [0.15, 0.2) is 5.82 Å². The second kappa shape index (κ2) is 10.2. The summed E-state index contributed by atoms with van der Waals surface area (Å²) in [6.07, 6.45) is 3.44. The zero-order chi connectivity index (χ0) is 24.3. The Labute approximate surface area is 212 Å². The van der Waals surface area contributed by atoms with E-state index in [2.05, 4.69) is 80.5 Å². The van der Waals surface area contributed by atoms with Gasteiger partial charge in [-0.3, -0.25) is 4.90 Å². The third-order valence-electron chi connectivity index (χ3n) is 7.32. The average molecular weight is 481 g/mol. The van der Waals surface area contributed by atoms with Crippen LogP contribution in [-0.2, 0) is 13.0 Å². The number of aromatic nitrogens is 3. The van der Waals surface area contributed by atoms with Crippen molar-refractivity contribution in [2.45, 2.75) is 25.5 Å². The maximum Gasteiger partial charge on any atom is 0.159 e. The number of rotatable bonds is 6. The molecule has 4 aromatic rings. The minimum absolute atomic E-state index is 0.185. The van der Waals surface area contributed by atoms with E-state index in [-0.39, 0.29) is 6.10 Å². The Morgan fingerprint density at radius 3 is 2.22 bits per heavy atom. The first kappa shape index (κ1) is 22.9. The van der Waals surface area contributed by atoms with Crippen molar-refractivity contribution in [2.24, 2.45) is 0 Å². The van der Waals surface area contributed by atoms with Gasteiger partial charge in [0.05, 0.1) is 11.8 Å². The normalized spacial score (nSPS) is 18.8. The Morgan fingerprint density at radius 1 is 0.750 bits per heavy atom. The van der Waals surface area contributed by atoms with Gasteiger partial charge in [-0.25, -0.2) is 4.98 Å². The van der Waals surface area contributed by atoms with Crippen molar-refractivity contribution in [1.82, 2.24) is 20.1 Å². The number of β-amino-alcohol motifs (C(OH)–C–C–N with tert-alkyl or cyclic N) is 1. The second-order valence-corrected chi connectivity index (χ2v) is 9.85. The lowest BCUT2D eigenvalue weighted by atomic mass is 10.0. The Morgan fingerprint density at radius 2 is 1.50 bits per heavy atom. The van der Waals surface area contributed by atoms with E-state index in [4.69, 9.17) is 10.1 Å². The van der Waals surface area contributed by atoms with Gasteiger partial charge in [-0.1, -0.05) is 60.7 Å². The molecule has 1 N–H and O–H groups in total. The fraction of sp³-hybridized carbons (Fsp3) is 0.345. The molecule has 2 aliphatic heterocycles. The summed E-state index contributed by atoms with van der Waals surface area (Å²) in [6.45, 7) is 6.12. The number of fused-ring (bicyclic) bond motifs is 1. The first-order valence-corrected chi connectivity index (χ1v) is 12.9. The summed E-state index contributed by atoms with van der Waals surface area (Å²) in [5.74, 6) is 1.99. The van der Waals surface area contributed by atoms with Crippen molar-refractivity contribution >= 4 is 22.4 Å². The number of hydrogen-bond donors (Lipinski definition) is 1. The number of aliphatic hydroxyl groups excluding tert-OH is 1. The predicted molar refractivity (Wildman–Crippen MR) is 143 cm³/mol. The fourth-order valence-electron chi connectivity index (χ4n) is 5.36. The third-order valence-corrected chi connectivity index (χ3v) is 7.32. The van der Waals surface area contributed by atoms with Gasteiger partial charge in [0.25, 0.3) is 0 Å². The zero-order valence-electron chi connectivity index (χ0n) is 20.5. The van der Waals surface area contributed by atoms with E-state index >= 15 is 0 Å². The molecule has 2 saturated heterocycles. The van der Waals surface area contributed by atoms with Gasteiger partial charge in [-0.15, -0.1) is 5.10 Å². The molecule has 0 saturated carbocycles. The van der Waals surface area contributed by atoms with E-state index in [0.29, 0.717) is 0 Å².